The Morgan fingerprint density at radius 3 is 2.74 bits per heavy atom. The highest BCUT2D eigenvalue weighted by Crippen LogP contribution is 2.26. The Balaban J connectivity index is 2.76. The zero-order valence-electron chi connectivity index (χ0n) is 11.7. The maximum Gasteiger partial charge on any atom is 0.236 e. The molecule has 0 aromatic rings. The molecule has 7 heteroatoms. The molecule has 0 spiro atoms. The van der Waals surface area contributed by atoms with Crippen molar-refractivity contribution in [2.75, 3.05) is 18.9 Å². The quantitative estimate of drug-likeness (QED) is 0.543. The molecule has 1 fully saturated rings. The third kappa shape index (κ3) is 4.69. The molecular formula is C12H22N2O4S. The van der Waals surface area contributed by atoms with Crippen LogP contribution in [0.3, 0.4) is 0 Å². The zero-order valence-corrected chi connectivity index (χ0v) is 12.5. The van der Waals surface area contributed by atoms with Crippen LogP contribution >= 0.6 is 0 Å². The fraction of sp³-hybridized carbons (Fsp3) is 0.917. The average Bonchev–Trinajstić information content (AvgIpc) is 2.31. The molecule has 0 aromatic carbocycles. The van der Waals surface area contributed by atoms with E-state index in [9.17, 15) is 13.2 Å². The van der Waals surface area contributed by atoms with Crippen molar-refractivity contribution >= 4 is 16.1 Å². The highest BCUT2D eigenvalue weighted by atomic mass is 32.2. The van der Waals surface area contributed by atoms with Crippen LogP contribution in [0.1, 0.15) is 33.6 Å². The van der Waals surface area contributed by atoms with E-state index in [4.69, 9.17) is 4.74 Å². The van der Waals surface area contributed by atoms with Gasteiger partial charge in [0.05, 0.1) is 18.5 Å². The number of hydrogen-bond donors (Lipinski definition) is 0. The predicted molar refractivity (Wildman–Crippen MR) is 71.9 cm³/mol. The van der Waals surface area contributed by atoms with Gasteiger partial charge in [0.1, 0.15) is 6.17 Å². The molecule has 1 aliphatic rings. The summed E-state index contributed by atoms with van der Waals surface area (Å²) in [6.07, 6.45) is 2.52. The molecule has 1 aliphatic heterocycles. The lowest BCUT2D eigenvalue weighted by atomic mass is 9.98. The van der Waals surface area contributed by atoms with Crippen molar-refractivity contribution in [2.24, 2.45) is 10.9 Å². The minimum atomic E-state index is -3.45. The van der Waals surface area contributed by atoms with Crippen LogP contribution in [0.5, 0.6) is 0 Å². The number of carbonyl (C=O) groups excluding carboxylic acids is 1. The monoisotopic (exact) mass is 290 g/mol. The van der Waals surface area contributed by atoms with Crippen LogP contribution in [0, 0.1) is 5.92 Å². The average molecular weight is 290 g/mol. The lowest BCUT2D eigenvalue weighted by molar-refractivity contribution is 0.0898. The molecule has 0 amide bonds. The Morgan fingerprint density at radius 2 is 2.16 bits per heavy atom. The molecule has 0 radical (unpaired) electrons. The van der Waals surface area contributed by atoms with Crippen LogP contribution in [-0.2, 0) is 19.6 Å². The molecule has 2 unspecified atom stereocenters. The van der Waals surface area contributed by atoms with Crippen LogP contribution in [0.4, 0.5) is 0 Å². The number of ether oxygens (including phenoxy) is 1. The molecule has 0 saturated carbocycles. The number of sulfonamides is 1. The number of rotatable bonds is 6. The van der Waals surface area contributed by atoms with E-state index < -0.39 is 16.2 Å². The van der Waals surface area contributed by atoms with E-state index >= 15 is 0 Å². The van der Waals surface area contributed by atoms with E-state index in [0.717, 1.165) is 12.8 Å². The Kier molecular flexibility index (Phi) is 6.13. The molecular weight excluding hydrogens is 268 g/mol. The van der Waals surface area contributed by atoms with Crippen LogP contribution in [0.2, 0.25) is 0 Å². The van der Waals surface area contributed by atoms with Gasteiger partial charge in [0.2, 0.25) is 16.1 Å². The maximum atomic E-state index is 12.3. The van der Waals surface area contributed by atoms with Gasteiger partial charge >= 0.3 is 0 Å². The minimum absolute atomic E-state index is 0.000674. The van der Waals surface area contributed by atoms with Gasteiger partial charge in [0.15, 0.2) is 0 Å². The van der Waals surface area contributed by atoms with Crippen molar-refractivity contribution in [3.63, 3.8) is 0 Å². The van der Waals surface area contributed by atoms with Crippen molar-refractivity contribution in [1.82, 2.24) is 4.31 Å². The summed E-state index contributed by atoms with van der Waals surface area (Å²) in [7, 11) is -3.45. The summed E-state index contributed by atoms with van der Waals surface area (Å²) in [5.41, 5.74) is 0. The van der Waals surface area contributed by atoms with Gasteiger partial charge in [-0.15, -0.1) is 0 Å². The van der Waals surface area contributed by atoms with Gasteiger partial charge in [0.25, 0.3) is 0 Å². The third-order valence-electron chi connectivity index (χ3n) is 3.18. The Morgan fingerprint density at radius 1 is 1.47 bits per heavy atom. The molecule has 6 nitrogen and oxygen atoms in total. The highest BCUT2D eigenvalue weighted by molar-refractivity contribution is 7.89. The van der Waals surface area contributed by atoms with E-state index in [-0.39, 0.29) is 24.4 Å². The first-order valence-corrected chi connectivity index (χ1v) is 8.17. The molecule has 19 heavy (non-hydrogen) atoms. The van der Waals surface area contributed by atoms with Crippen molar-refractivity contribution in [1.29, 1.82) is 0 Å². The molecule has 0 aromatic heterocycles. The summed E-state index contributed by atoms with van der Waals surface area (Å²) >= 11 is 0. The minimum Gasteiger partial charge on any atom is -0.378 e. The standard InChI is InChI=1S/C12H22N2O4S/c1-10(2)18-7-8-19(16,17)14-6-4-5-11(3)12(14)13-9-15/h10-12H,4-8H2,1-3H3. The van der Waals surface area contributed by atoms with Crippen molar-refractivity contribution < 1.29 is 17.9 Å². The lowest BCUT2D eigenvalue weighted by Gasteiger charge is -2.35. The van der Waals surface area contributed by atoms with Gasteiger partial charge in [-0.2, -0.15) is 9.30 Å². The Hall–Kier alpha value is -0.750. The number of aliphatic imine (C=N–C) groups is 1. The van der Waals surface area contributed by atoms with Crippen molar-refractivity contribution in [3.8, 4) is 0 Å². The van der Waals surface area contributed by atoms with E-state index in [1.807, 2.05) is 20.8 Å². The second-order valence-corrected chi connectivity index (χ2v) is 7.14. The first-order chi connectivity index (χ1) is 8.88. The topological polar surface area (TPSA) is 76.0 Å². The molecule has 1 saturated heterocycles. The van der Waals surface area contributed by atoms with Crippen LogP contribution in [0.25, 0.3) is 0 Å². The highest BCUT2D eigenvalue weighted by Gasteiger charge is 2.36. The SMILES string of the molecule is CC(C)OCCS(=O)(=O)N1CCCC(C)C1N=C=O. The van der Waals surface area contributed by atoms with E-state index in [0.29, 0.717) is 6.54 Å². The van der Waals surface area contributed by atoms with Gasteiger partial charge in [-0.05, 0) is 32.6 Å². The molecule has 0 N–H and O–H groups in total. The smallest absolute Gasteiger partial charge is 0.236 e. The lowest BCUT2D eigenvalue weighted by Crippen LogP contribution is -2.48. The molecule has 1 rings (SSSR count). The van der Waals surface area contributed by atoms with Gasteiger partial charge in [-0.3, -0.25) is 0 Å². The number of hydrogen-bond acceptors (Lipinski definition) is 5. The summed E-state index contributed by atoms with van der Waals surface area (Å²) in [6, 6.07) is 0. The second-order valence-electron chi connectivity index (χ2n) is 5.10. The normalized spacial score (nSPS) is 25.3. The Bertz CT molecular complexity index is 429. The summed E-state index contributed by atoms with van der Waals surface area (Å²) in [5, 5.41) is 0. The number of piperidine rings is 1. The van der Waals surface area contributed by atoms with Crippen LogP contribution < -0.4 is 0 Å². The van der Waals surface area contributed by atoms with Gasteiger partial charge < -0.3 is 4.74 Å². The third-order valence-corrected chi connectivity index (χ3v) is 4.97. The predicted octanol–water partition coefficient (Wildman–Crippen LogP) is 1.13. The summed E-state index contributed by atoms with van der Waals surface area (Å²) in [5.74, 6) is -0.0426. The van der Waals surface area contributed by atoms with E-state index in [1.165, 1.54) is 10.4 Å². The molecule has 2 atom stereocenters. The number of isocyanates is 1. The molecule has 110 valence electrons. The molecule has 0 aliphatic carbocycles. The van der Waals surface area contributed by atoms with Crippen LogP contribution in [0.15, 0.2) is 4.99 Å². The largest absolute Gasteiger partial charge is 0.378 e. The van der Waals surface area contributed by atoms with Crippen molar-refractivity contribution in [3.05, 3.63) is 0 Å². The molecule has 0 bridgehead atoms. The summed E-state index contributed by atoms with van der Waals surface area (Å²) in [4.78, 5) is 14.1. The van der Waals surface area contributed by atoms with Gasteiger partial charge in [0, 0.05) is 6.54 Å². The fourth-order valence-corrected chi connectivity index (χ4v) is 3.72. The fourth-order valence-electron chi connectivity index (χ4n) is 2.19. The molecule has 1 heterocycles. The summed E-state index contributed by atoms with van der Waals surface area (Å²) < 4.78 is 31.1. The Labute approximate surface area is 114 Å². The maximum absolute atomic E-state index is 12.3. The number of nitrogens with zero attached hydrogens (tertiary/aromatic N) is 2. The van der Waals surface area contributed by atoms with E-state index in [2.05, 4.69) is 4.99 Å². The van der Waals surface area contributed by atoms with Gasteiger partial charge in [-0.25, -0.2) is 13.2 Å². The van der Waals surface area contributed by atoms with Gasteiger partial charge in [-0.1, -0.05) is 6.92 Å². The van der Waals surface area contributed by atoms with Crippen molar-refractivity contribution in [2.45, 2.75) is 45.9 Å². The summed E-state index contributed by atoms with van der Waals surface area (Å²) in [6.45, 7) is 6.18. The first kappa shape index (κ1) is 16.3. The van der Waals surface area contributed by atoms with Crippen LogP contribution in [-0.4, -0.2) is 50.0 Å². The van der Waals surface area contributed by atoms with E-state index in [1.54, 1.807) is 0 Å². The second kappa shape index (κ2) is 7.14. The zero-order chi connectivity index (χ0) is 14.5. The first-order valence-electron chi connectivity index (χ1n) is 6.56.